The van der Waals surface area contributed by atoms with Crippen LogP contribution < -0.4 is 0 Å². The lowest BCUT2D eigenvalue weighted by Gasteiger charge is -2.34. The summed E-state index contributed by atoms with van der Waals surface area (Å²) in [5.41, 5.74) is 0.739. The molecule has 0 amide bonds. The first-order valence-corrected chi connectivity index (χ1v) is 8.76. The largest absolute Gasteiger partial charge is 0.456 e. The van der Waals surface area contributed by atoms with Crippen molar-refractivity contribution in [2.75, 3.05) is 0 Å². The lowest BCUT2D eigenvalue weighted by Crippen LogP contribution is -2.44. The predicted octanol–water partition coefficient (Wildman–Crippen LogP) is 3.13. The first kappa shape index (κ1) is 15.6. The third kappa shape index (κ3) is 2.51. The first-order chi connectivity index (χ1) is 11.6. The molecule has 0 bridgehead atoms. The number of carbonyl (C=O) groups excluding carboxylic acids is 1. The maximum atomic E-state index is 12.3. The van der Waals surface area contributed by atoms with Crippen LogP contribution in [0.25, 0.3) is 0 Å². The fourth-order valence-corrected chi connectivity index (χ4v) is 4.60. The van der Waals surface area contributed by atoms with Crippen molar-refractivity contribution in [3.63, 3.8) is 0 Å². The maximum absolute atomic E-state index is 12.3. The Labute approximate surface area is 146 Å². The van der Waals surface area contributed by atoms with Crippen LogP contribution in [0.3, 0.4) is 0 Å². The number of halogens is 1. The number of aromatic nitrogens is 3. The summed E-state index contributed by atoms with van der Waals surface area (Å²) in [6.07, 6.45) is 6.16. The van der Waals surface area contributed by atoms with Crippen LogP contribution in [0.5, 0.6) is 0 Å². The van der Waals surface area contributed by atoms with E-state index in [1.807, 2.05) is 19.1 Å². The summed E-state index contributed by atoms with van der Waals surface area (Å²) < 4.78 is 7.80. The van der Waals surface area contributed by atoms with Crippen molar-refractivity contribution >= 4 is 17.6 Å². The minimum absolute atomic E-state index is 0.0521. The number of hydrogen-bond donors (Lipinski definition) is 0. The molecule has 4 atom stereocenters. The number of rotatable bonds is 4. The number of hydrogen-bond acceptors (Lipinski definition) is 4. The molecule has 126 valence electrons. The molecule has 5 nitrogen and oxygen atoms in total. The lowest BCUT2D eigenvalue weighted by molar-refractivity contribution is -0.156. The molecule has 0 N–H and O–H groups in total. The van der Waals surface area contributed by atoms with Crippen LogP contribution in [-0.4, -0.2) is 26.3 Å². The fourth-order valence-electron chi connectivity index (χ4n) is 4.47. The van der Waals surface area contributed by atoms with Gasteiger partial charge in [0.15, 0.2) is 0 Å². The normalized spacial score (nSPS) is 31.9. The Kier molecular flexibility index (Phi) is 3.83. The lowest BCUT2D eigenvalue weighted by atomic mass is 9.78. The quantitative estimate of drug-likeness (QED) is 0.799. The van der Waals surface area contributed by atoms with Gasteiger partial charge in [-0.2, -0.15) is 5.10 Å². The molecule has 1 saturated carbocycles. The summed E-state index contributed by atoms with van der Waals surface area (Å²) in [6, 6.07) is 7.94. The highest BCUT2D eigenvalue weighted by atomic mass is 35.5. The van der Waals surface area contributed by atoms with E-state index in [2.05, 4.69) is 22.2 Å². The standard InChI is InChI=1S/C18H20ClN3O2/c1-12-16-7-4-14(8-13-2-5-15(19)6-3-13)18(16,24-17(12)23)9-22-11-20-10-21-22/h2-3,5-6,10-12,14,16H,4,7-9H2,1H3. The van der Waals surface area contributed by atoms with Gasteiger partial charge in [-0.1, -0.05) is 30.7 Å². The zero-order valence-electron chi connectivity index (χ0n) is 13.6. The summed E-state index contributed by atoms with van der Waals surface area (Å²) >= 11 is 5.99. The highest BCUT2D eigenvalue weighted by Gasteiger charge is 2.61. The molecule has 2 aromatic rings. The predicted molar refractivity (Wildman–Crippen MR) is 89.4 cm³/mol. The van der Waals surface area contributed by atoms with Gasteiger partial charge < -0.3 is 4.74 Å². The summed E-state index contributed by atoms with van der Waals surface area (Å²) in [6.45, 7) is 2.56. The zero-order chi connectivity index (χ0) is 16.7. The van der Waals surface area contributed by atoms with Crippen LogP contribution in [0, 0.1) is 17.8 Å². The van der Waals surface area contributed by atoms with Gasteiger partial charge in [-0.25, -0.2) is 9.67 Å². The van der Waals surface area contributed by atoms with Crippen molar-refractivity contribution in [2.45, 2.75) is 38.3 Å². The van der Waals surface area contributed by atoms with E-state index in [1.165, 1.54) is 11.9 Å². The van der Waals surface area contributed by atoms with Gasteiger partial charge in [-0.15, -0.1) is 0 Å². The molecule has 1 aromatic carbocycles. The van der Waals surface area contributed by atoms with Crippen LogP contribution in [0.2, 0.25) is 5.02 Å². The van der Waals surface area contributed by atoms with Crippen LogP contribution in [-0.2, 0) is 22.5 Å². The van der Waals surface area contributed by atoms with E-state index >= 15 is 0 Å². The molecule has 2 fully saturated rings. The second-order valence-electron chi connectivity index (χ2n) is 6.97. The van der Waals surface area contributed by atoms with Gasteiger partial charge in [0.05, 0.1) is 12.5 Å². The molecule has 2 aliphatic rings. The van der Waals surface area contributed by atoms with E-state index in [-0.39, 0.29) is 23.7 Å². The first-order valence-electron chi connectivity index (χ1n) is 8.38. The molecule has 24 heavy (non-hydrogen) atoms. The maximum Gasteiger partial charge on any atom is 0.309 e. The van der Waals surface area contributed by atoms with Gasteiger partial charge in [-0.05, 0) is 37.0 Å². The molecule has 1 aliphatic carbocycles. The van der Waals surface area contributed by atoms with Gasteiger partial charge in [0, 0.05) is 16.9 Å². The van der Waals surface area contributed by atoms with Crippen molar-refractivity contribution in [3.05, 3.63) is 47.5 Å². The molecule has 1 aromatic heterocycles. The summed E-state index contributed by atoms with van der Waals surface area (Å²) in [5.74, 6) is 0.387. The second kappa shape index (κ2) is 5.88. The number of esters is 1. The Balaban J connectivity index is 1.65. The van der Waals surface area contributed by atoms with Crippen molar-refractivity contribution in [1.82, 2.24) is 14.8 Å². The Hall–Kier alpha value is -1.88. The minimum Gasteiger partial charge on any atom is -0.456 e. The van der Waals surface area contributed by atoms with Crippen LogP contribution in [0.1, 0.15) is 25.3 Å². The highest BCUT2D eigenvalue weighted by molar-refractivity contribution is 6.30. The molecule has 2 heterocycles. The van der Waals surface area contributed by atoms with E-state index in [9.17, 15) is 4.79 Å². The Morgan fingerprint density at radius 2 is 2.12 bits per heavy atom. The molecule has 4 unspecified atom stereocenters. The number of nitrogens with zero attached hydrogens (tertiary/aromatic N) is 3. The summed E-state index contributed by atoms with van der Waals surface area (Å²) in [4.78, 5) is 16.3. The van der Waals surface area contributed by atoms with Crippen molar-refractivity contribution in [3.8, 4) is 0 Å². The van der Waals surface area contributed by atoms with Crippen LogP contribution in [0.4, 0.5) is 0 Å². The number of fused-ring (bicyclic) bond motifs is 1. The molecular weight excluding hydrogens is 326 g/mol. The fraction of sp³-hybridized carbons (Fsp3) is 0.500. The van der Waals surface area contributed by atoms with E-state index in [0.717, 1.165) is 24.3 Å². The number of ether oxygens (including phenoxy) is 1. The molecular formula is C18H20ClN3O2. The molecule has 1 saturated heterocycles. The van der Waals surface area contributed by atoms with Crippen molar-refractivity contribution in [2.24, 2.45) is 17.8 Å². The molecule has 4 rings (SSSR count). The number of benzene rings is 1. The monoisotopic (exact) mass is 345 g/mol. The SMILES string of the molecule is CC1C(=O)OC2(Cn3cncn3)C(Cc3ccc(Cl)cc3)CCC12. The Morgan fingerprint density at radius 3 is 2.83 bits per heavy atom. The summed E-state index contributed by atoms with van der Waals surface area (Å²) in [7, 11) is 0. The average molecular weight is 346 g/mol. The van der Waals surface area contributed by atoms with Gasteiger partial charge >= 0.3 is 5.97 Å². The molecule has 0 radical (unpaired) electrons. The van der Waals surface area contributed by atoms with E-state index in [1.54, 1.807) is 11.0 Å². The molecule has 1 aliphatic heterocycles. The van der Waals surface area contributed by atoms with Gasteiger partial charge in [0.25, 0.3) is 0 Å². The molecule has 6 heteroatoms. The second-order valence-corrected chi connectivity index (χ2v) is 7.41. The van der Waals surface area contributed by atoms with E-state index in [4.69, 9.17) is 16.3 Å². The van der Waals surface area contributed by atoms with Gasteiger partial charge in [-0.3, -0.25) is 4.79 Å². The average Bonchev–Trinajstić information content (AvgIpc) is 3.23. The van der Waals surface area contributed by atoms with E-state index in [0.29, 0.717) is 6.54 Å². The van der Waals surface area contributed by atoms with Crippen LogP contribution in [0.15, 0.2) is 36.9 Å². The highest BCUT2D eigenvalue weighted by Crippen LogP contribution is 2.53. The topological polar surface area (TPSA) is 57.0 Å². The summed E-state index contributed by atoms with van der Waals surface area (Å²) in [5, 5.41) is 4.97. The van der Waals surface area contributed by atoms with Crippen molar-refractivity contribution in [1.29, 1.82) is 0 Å². The third-order valence-corrected chi connectivity index (χ3v) is 5.93. The van der Waals surface area contributed by atoms with Gasteiger partial charge in [0.1, 0.15) is 18.3 Å². The number of carbonyl (C=O) groups is 1. The molecule has 0 spiro atoms. The van der Waals surface area contributed by atoms with E-state index < -0.39 is 5.60 Å². The smallest absolute Gasteiger partial charge is 0.309 e. The van der Waals surface area contributed by atoms with Crippen molar-refractivity contribution < 1.29 is 9.53 Å². The third-order valence-electron chi connectivity index (χ3n) is 5.68. The van der Waals surface area contributed by atoms with Crippen LogP contribution >= 0.6 is 11.6 Å². The van der Waals surface area contributed by atoms with Gasteiger partial charge in [0.2, 0.25) is 0 Å². The Morgan fingerprint density at radius 1 is 1.33 bits per heavy atom. The Bertz CT molecular complexity index is 731. The minimum atomic E-state index is -0.482. The zero-order valence-corrected chi connectivity index (χ0v) is 14.3.